The number of methoxy groups -OCH3 is 1. The van der Waals surface area contributed by atoms with Gasteiger partial charge >= 0.3 is 5.97 Å². The van der Waals surface area contributed by atoms with Crippen molar-refractivity contribution in [2.45, 2.75) is 71.3 Å². The summed E-state index contributed by atoms with van der Waals surface area (Å²) in [5.41, 5.74) is 0.932. The van der Waals surface area contributed by atoms with Gasteiger partial charge in [-0.3, -0.25) is 9.59 Å². The second-order valence-electron chi connectivity index (χ2n) is 6.63. The Morgan fingerprint density at radius 2 is 1.74 bits per heavy atom. The van der Waals surface area contributed by atoms with Crippen LogP contribution in [0.3, 0.4) is 0 Å². The molecule has 0 heterocycles. The Kier molecular flexibility index (Phi) is 11.7. The summed E-state index contributed by atoms with van der Waals surface area (Å²) < 4.78 is 10.9. The lowest BCUT2D eigenvalue weighted by molar-refractivity contribution is -0.137. The van der Waals surface area contributed by atoms with Crippen LogP contribution in [0.5, 0.6) is 11.5 Å². The third kappa shape index (κ3) is 10.5. The zero-order chi connectivity index (χ0) is 19.9. The number of carboxylic acids is 1. The van der Waals surface area contributed by atoms with Crippen molar-refractivity contribution in [1.82, 2.24) is 5.32 Å². The van der Waals surface area contributed by atoms with Crippen molar-refractivity contribution in [2.75, 3.05) is 13.7 Å². The summed E-state index contributed by atoms with van der Waals surface area (Å²) in [7, 11) is 1.56. The predicted molar refractivity (Wildman–Crippen MR) is 105 cm³/mol. The molecule has 27 heavy (non-hydrogen) atoms. The highest BCUT2D eigenvalue weighted by Gasteiger charge is 2.08. The van der Waals surface area contributed by atoms with Crippen molar-refractivity contribution >= 4 is 11.9 Å². The minimum Gasteiger partial charge on any atom is -0.493 e. The van der Waals surface area contributed by atoms with Crippen LogP contribution in [-0.4, -0.2) is 30.7 Å². The van der Waals surface area contributed by atoms with Crippen LogP contribution in [0.4, 0.5) is 0 Å². The lowest BCUT2D eigenvalue weighted by Crippen LogP contribution is -2.22. The van der Waals surface area contributed by atoms with Crippen LogP contribution in [-0.2, 0) is 16.1 Å². The average molecular weight is 379 g/mol. The van der Waals surface area contributed by atoms with Gasteiger partial charge in [-0.1, -0.05) is 45.1 Å². The smallest absolute Gasteiger partial charge is 0.303 e. The Morgan fingerprint density at radius 3 is 2.44 bits per heavy atom. The average Bonchev–Trinajstić information content (AvgIpc) is 2.66. The fraction of sp³-hybridized carbons (Fsp3) is 0.619. The van der Waals surface area contributed by atoms with E-state index in [2.05, 4.69) is 12.2 Å². The first kappa shape index (κ1) is 22.8. The van der Waals surface area contributed by atoms with E-state index in [1.54, 1.807) is 13.2 Å². The van der Waals surface area contributed by atoms with Gasteiger partial charge in [-0.2, -0.15) is 0 Å². The number of hydrogen-bond acceptors (Lipinski definition) is 4. The van der Waals surface area contributed by atoms with E-state index in [0.29, 0.717) is 37.5 Å². The normalized spacial score (nSPS) is 10.4. The maximum Gasteiger partial charge on any atom is 0.303 e. The van der Waals surface area contributed by atoms with Gasteiger partial charge in [-0.15, -0.1) is 0 Å². The molecule has 1 aromatic carbocycles. The highest BCUT2D eigenvalue weighted by molar-refractivity contribution is 5.75. The maximum atomic E-state index is 11.9. The molecule has 0 aromatic heterocycles. The molecule has 1 rings (SSSR count). The molecule has 2 N–H and O–H groups in total. The molecule has 0 bridgehead atoms. The van der Waals surface area contributed by atoms with Crippen molar-refractivity contribution in [1.29, 1.82) is 0 Å². The van der Waals surface area contributed by atoms with Gasteiger partial charge in [0.2, 0.25) is 5.91 Å². The molecule has 0 radical (unpaired) electrons. The number of amides is 1. The molecule has 0 aliphatic carbocycles. The molecule has 6 nitrogen and oxygen atoms in total. The largest absolute Gasteiger partial charge is 0.493 e. The fourth-order valence-corrected chi connectivity index (χ4v) is 2.70. The number of ether oxygens (including phenoxy) is 2. The predicted octanol–water partition coefficient (Wildman–Crippen LogP) is 4.31. The number of aliphatic carboxylic acids is 1. The first-order chi connectivity index (χ1) is 13.1. The molecule has 1 amide bonds. The van der Waals surface area contributed by atoms with E-state index in [1.165, 1.54) is 25.7 Å². The number of carboxylic acid groups (broad SMARTS) is 1. The molecule has 1 aromatic rings. The summed E-state index contributed by atoms with van der Waals surface area (Å²) >= 11 is 0. The second kappa shape index (κ2) is 13.9. The quantitative estimate of drug-likeness (QED) is 0.444. The molecule has 0 saturated heterocycles. The van der Waals surface area contributed by atoms with Gasteiger partial charge in [-0.25, -0.2) is 0 Å². The van der Waals surface area contributed by atoms with Crippen LogP contribution in [0.2, 0.25) is 0 Å². The molecule has 0 fully saturated rings. The zero-order valence-electron chi connectivity index (χ0n) is 16.6. The first-order valence-corrected chi connectivity index (χ1v) is 9.85. The summed E-state index contributed by atoms with van der Waals surface area (Å²) in [5, 5.41) is 11.6. The molecule has 0 saturated carbocycles. The van der Waals surface area contributed by atoms with E-state index >= 15 is 0 Å². The Balaban J connectivity index is 2.34. The summed E-state index contributed by atoms with van der Waals surface area (Å²) in [6.07, 6.45) is 8.07. The Labute approximate surface area is 162 Å². The van der Waals surface area contributed by atoms with Crippen molar-refractivity contribution in [3.8, 4) is 11.5 Å². The van der Waals surface area contributed by atoms with Crippen molar-refractivity contribution in [3.05, 3.63) is 23.8 Å². The van der Waals surface area contributed by atoms with Crippen molar-refractivity contribution in [2.24, 2.45) is 0 Å². The minimum atomic E-state index is -0.836. The van der Waals surface area contributed by atoms with Gasteiger partial charge in [0.25, 0.3) is 0 Å². The number of benzene rings is 1. The Hall–Kier alpha value is -2.24. The van der Waals surface area contributed by atoms with E-state index in [0.717, 1.165) is 18.4 Å². The molecular weight excluding hydrogens is 346 g/mol. The topological polar surface area (TPSA) is 84.9 Å². The Morgan fingerprint density at radius 1 is 1.00 bits per heavy atom. The molecule has 0 aliphatic heterocycles. The molecule has 0 aliphatic rings. The lowest BCUT2D eigenvalue weighted by Gasteiger charge is -2.12. The zero-order valence-corrected chi connectivity index (χ0v) is 16.6. The van der Waals surface area contributed by atoms with E-state index < -0.39 is 5.97 Å². The monoisotopic (exact) mass is 379 g/mol. The van der Waals surface area contributed by atoms with Crippen molar-refractivity contribution in [3.63, 3.8) is 0 Å². The summed E-state index contributed by atoms with van der Waals surface area (Å²) in [4.78, 5) is 22.5. The molecule has 0 unspecified atom stereocenters. The van der Waals surface area contributed by atoms with E-state index in [-0.39, 0.29) is 12.3 Å². The van der Waals surface area contributed by atoms with Crippen molar-refractivity contribution < 1.29 is 24.2 Å². The third-order valence-electron chi connectivity index (χ3n) is 4.27. The van der Waals surface area contributed by atoms with Gasteiger partial charge < -0.3 is 19.9 Å². The third-order valence-corrected chi connectivity index (χ3v) is 4.27. The van der Waals surface area contributed by atoms with Crippen LogP contribution in [0.1, 0.15) is 70.3 Å². The SMILES string of the molecule is CCCCCCCCC(=O)NCc1ccc(OCCCC(=O)O)c(OC)c1. The summed E-state index contributed by atoms with van der Waals surface area (Å²) in [6.45, 7) is 2.96. The number of hydrogen-bond donors (Lipinski definition) is 2. The second-order valence-corrected chi connectivity index (χ2v) is 6.63. The molecular formula is C21H33NO5. The standard InChI is InChI=1S/C21H33NO5/c1-3-4-5-6-7-8-10-20(23)22-16-17-12-13-18(19(15-17)26-2)27-14-9-11-21(24)25/h12-13,15H,3-11,14,16H2,1-2H3,(H,22,23)(H,24,25). The maximum absolute atomic E-state index is 11.9. The van der Waals surface area contributed by atoms with Crippen LogP contribution in [0.15, 0.2) is 18.2 Å². The van der Waals surface area contributed by atoms with Crippen LogP contribution < -0.4 is 14.8 Å². The van der Waals surface area contributed by atoms with Crippen LogP contribution in [0.25, 0.3) is 0 Å². The minimum absolute atomic E-state index is 0.0680. The van der Waals surface area contributed by atoms with E-state index in [4.69, 9.17) is 14.6 Å². The van der Waals surface area contributed by atoms with Crippen LogP contribution in [0, 0.1) is 0 Å². The lowest BCUT2D eigenvalue weighted by atomic mass is 10.1. The Bertz CT molecular complexity index is 574. The molecule has 0 spiro atoms. The van der Waals surface area contributed by atoms with E-state index in [9.17, 15) is 9.59 Å². The number of carbonyl (C=O) groups is 2. The van der Waals surface area contributed by atoms with Crippen LogP contribution >= 0.6 is 0 Å². The van der Waals surface area contributed by atoms with E-state index in [1.807, 2.05) is 12.1 Å². The molecule has 6 heteroatoms. The number of rotatable bonds is 15. The molecule has 152 valence electrons. The number of unbranched alkanes of at least 4 members (excludes halogenated alkanes) is 5. The van der Waals surface area contributed by atoms with Gasteiger partial charge in [-0.05, 0) is 30.5 Å². The highest BCUT2D eigenvalue weighted by Crippen LogP contribution is 2.28. The fourth-order valence-electron chi connectivity index (χ4n) is 2.70. The van der Waals surface area contributed by atoms with Gasteiger partial charge in [0.05, 0.1) is 13.7 Å². The van der Waals surface area contributed by atoms with Gasteiger partial charge in [0, 0.05) is 19.4 Å². The molecule has 0 atom stereocenters. The first-order valence-electron chi connectivity index (χ1n) is 9.85. The number of nitrogens with one attached hydrogen (secondary N) is 1. The number of carbonyl (C=O) groups excluding carboxylic acids is 1. The van der Waals surface area contributed by atoms with Gasteiger partial charge in [0.1, 0.15) is 0 Å². The summed E-state index contributed by atoms with van der Waals surface area (Å²) in [6, 6.07) is 5.49. The van der Waals surface area contributed by atoms with Gasteiger partial charge in [0.15, 0.2) is 11.5 Å². The highest BCUT2D eigenvalue weighted by atomic mass is 16.5. The summed E-state index contributed by atoms with van der Waals surface area (Å²) in [5.74, 6) is 0.383.